The molecule has 3 N–H and O–H groups in total. The maximum absolute atomic E-state index is 12.2. The second kappa shape index (κ2) is 6.83. The van der Waals surface area contributed by atoms with Crippen molar-refractivity contribution in [3.8, 4) is 0 Å². The van der Waals surface area contributed by atoms with E-state index in [1.807, 2.05) is 26.0 Å². The van der Waals surface area contributed by atoms with Gasteiger partial charge in [-0.1, -0.05) is 6.07 Å². The molecule has 2 aromatic rings. The van der Waals surface area contributed by atoms with Crippen molar-refractivity contribution in [1.82, 2.24) is 0 Å². The number of carbonyl (C=O) groups excluding carboxylic acids is 2. The third kappa shape index (κ3) is 3.64. The maximum atomic E-state index is 12.2. The number of hydrogen-bond acceptors (Lipinski definition) is 5. The highest BCUT2D eigenvalue weighted by molar-refractivity contribution is 6.06. The standard InChI is InChI=1S/C18H18N4O4/c1-10-6-14-15(7-11(10)2)21-18(24)16(20-14)9-17(23)19-12-4-3-5-13(8-12)22(25)26/h3-8,16,20H,9H2,1-2H3,(H,19,23)(H,21,24)/t16-/m0/s1. The second-order valence-corrected chi connectivity index (χ2v) is 6.23. The van der Waals surface area contributed by atoms with Gasteiger partial charge in [-0.05, 0) is 43.2 Å². The molecule has 1 atom stereocenters. The average molecular weight is 354 g/mol. The molecule has 0 bridgehead atoms. The number of nitrogens with one attached hydrogen (secondary N) is 3. The van der Waals surface area contributed by atoms with E-state index < -0.39 is 16.9 Å². The van der Waals surface area contributed by atoms with E-state index in [0.29, 0.717) is 11.4 Å². The molecular formula is C18H18N4O4. The topological polar surface area (TPSA) is 113 Å². The quantitative estimate of drug-likeness (QED) is 0.577. The predicted octanol–water partition coefficient (Wildman–Crippen LogP) is 2.97. The summed E-state index contributed by atoms with van der Waals surface area (Å²) < 4.78 is 0. The summed E-state index contributed by atoms with van der Waals surface area (Å²) in [5.74, 6) is -0.708. The van der Waals surface area contributed by atoms with Crippen LogP contribution in [0.4, 0.5) is 22.7 Å². The third-order valence-electron chi connectivity index (χ3n) is 4.27. The molecule has 26 heavy (non-hydrogen) atoms. The molecule has 134 valence electrons. The van der Waals surface area contributed by atoms with Gasteiger partial charge >= 0.3 is 0 Å². The Morgan fingerprint density at radius 3 is 2.58 bits per heavy atom. The third-order valence-corrected chi connectivity index (χ3v) is 4.27. The van der Waals surface area contributed by atoms with E-state index in [1.54, 1.807) is 6.07 Å². The second-order valence-electron chi connectivity index (χ2n) is 6.23. The first-order chi connectivity index (χ1) is 12.3. The lowest BCUT2D eigenvalue weighted by atomic mass is 10.0. The number of benzene rings is 2. The Kier molecular flexibility index (Phi) is 4.57. The number of nitro benzene ring substituents is 1. The van der Waals surface area contributed by atoms with E-state index in [0.717, 1.165) is 16.8 Å². The molecule has 8 nitrogen and oxygen atoms in total. The lowest BCUT2D eigenvalue weighted by Gasteiger charge is -2.27. The Hall–Kier alpha value is -3.42. The monoisotopic (exact) mass is 354 g/mol. The number of non-ortho nitro benzene ring substituents is 1. The zero-order valence-corrected chi connectivity index (χ0v) is 14.3. The van der Waals surface area contributed by atoms with E-state index in [4.69, 9.17) is 0 Å². The number of nitrogens with zero attached hydrogens (tertiary/aromatic N) is 1. The molecule has 8 heteroatoms. The van der Waals surface area contributed by atoms with Crippen molar-refractivity contribution >= 4 is 34.6 Å². The van der Waals surface area contributed by atoms with Crippen molar-refractivity contribution in [3.63, 3.8) is 0 Å². The summed E-state index contributed by atoms with van der Waals surface area (Å²) in [6, 6.07) is 8.75. The van der Waals surface area contributed by atoms with Crippen molar-refractivity contribution in [3.05, 3.63) is 57.6 Å². The molecule has 1 heterocycles. The van der Waals surface area contributed by atoms with Crippen LogP contribution in [0.3, 0.4) is 0 Å². The fraction of sp³-hybridized carbons (Fsp3) is 0.222. The van der Waals surface area contributed by atoms with Crippen LogP contribution >= 0.6 is 0 Å². The molecule has 0 radical (unpaired) electrons. The highest BCUT2D eigenvalue weighted by Crippen LogP contribution is 2.30. The number of aryl methyl sites for hydroxylation is 2. The number of fused-ring (bicyclic) bond motifs is 1. The first kappa shape index (κ1) is 17.4. The van der Waals surface area contributed by atoms with Crippen LogP contribution in [-0.2, 0) is 9.59 Å². The van der Waals surface area contributed by atoms with Crippen molar-refractivity contribution in [2.75, 3.05) is 16.0 Å². The van der Waals surface area contributed by atoms with Gasteiger partial charge in [-0.3, -0.25) is 19.7 Å². The van der Waals surface area contributed by atoms with E-state index in [9.17, 15) is 19.7 Å². The van der Waals surface area contributed by atoms with E-state index in [-0.39, 0.29) is 18.0 Å². The molecule has 0 spiro atoms. The molecule has 0 unspecified atom stereocenters. The minimum Gasteiger partial charge on any atom is -0.372 e. The van der Waals surface area contributed by atoms with Crippen LogP contribution in [0.15, 0.2) is 36.4 Å². The number of carbonyl (C=O) groups is 2. The summed E-state index contributed by atoms with van der Waals surface area (Å²) in [4.78, 5) is 34.7. The number of anilines is 3. The van der Waals surface area contributed by atoms with Crippen molar-refractivity contribution < 1.29 is 14.5 Å². The van der Waals surface area contributed by atoms with E-state index >= 15 is 0 Å². The Morgan fingerprint density at radius 2 is 1.88 bits per heavy atom. The first-order valence-corrected chi connectivity index (χ1v) is 8.06. The van der Waals surface area contributed by atoms with Crippen LogP contribution in [0.1, 0.15) is 17.5 Å². The molecule has 2 aromatic carbocycles. The van der Waals surface area contributed by atoms with Gasteiger partial charge in [-0.15, -0.1) is 0 Å². The van der Waals surface area contributed by atoms with E-state index in [1.165, 1.54) is 18.2 Å². The predicted molar refractivity (Wildman–Crippen MR) is 98.3 cm³/mol. The maximum Gasteiger partial charge on any atom is 0.271 e. The van der Waals surface area contributed by atoms with Gasteiger partial charge in [0, 0.05) is 17.8 Å². The van der Waals surface area contributed by atoms with Gasteiger partial charge in [0.05, 0.1) is 22.7 Å². The number of nitro groups is 1. The molecule has 2 amide bonds. The lowest BCUT2D eigenvalue weighted by molar-refractivity contribution is -0.384. The molecule has 0 aromatic heterocycles. The summed E-state index contributed by atoms with van der Waals surface area (Å²) in [6.07, 6.45) is -0.0963. The summed E-state index contributed by atoms with van der Waals surface area (Å²) in [5.41, 5.74) is 3.79. The normalized spacial score (nSPS) is 15.5. The Bertz CT molecular complexity index is 910. The fourth-order valence-corrected chi connectivity index (χ4v) is 2.75. The molecule has 1 aliphatic rings. The van der Waals surface area contributed by atoms with Crippen molar-refractivity contribution in [1.29, 1.82) is 0 Å². The largest absolute Gasteiger partial charge is 0.372 e. The van der Waals surface area contributed by atoms with Crippen molar-refractivity contribution in [2.24, 2.45) is 0 Å². The Balaban J connectivity index is 1.69. The van der Waals surface area contributed by atoms with Crippen LogP contribution in [-0.4, -0.2) is 22.8 Å². The Morgan fingerprint density at radius 1 is 1.19 bits per heavy atom. The molecule has 0 aliphatic carbocycles. The molecule has 0 fully saturated rings. The molecule has 0 saturated carbocycles. The summed E-state index contributed by atoms with van der Waals surface area (Å²) >= 11 is 0. The minimum absolute atomic E-state index is 0.0963. The SMILES string of the molecule is Cc1cc2c(cc1C)N[C@@H](CC(=O)Nc1cccc([N+](=O)[O-])c1)C(=O)N2. The fourth-order valence-electron chi connectivity index (χ4n) is 2.75. The zero-order chi connectivity index (χ0) is 18.8. The Labute approximate surface area is 149 Å². The smallest absolute Gasteiger partial charge is 0.271 e. The van der Waals surface area contributed by atoms with Gasteiger partial charge in [0.25, 0.3) is 5.69 Å². The van der Waals surface area contributed by atoms with Gasteiger partial charge in [0.2, 0.25) is 11.8 Å². The highest BCUT2D eigenvalue weighted by Gasteiger charge is 2.28. The molecule has 3 rings (SSSR count). The molecular weight excluding hydrogens is 336 g/mol. The highest BCUT2D eigenvalue weighted by atomic mass is 16.6. The van der Waals surface area contributed by atoms with Crippen LogP contribution in [0.5, 0.6) is 0 Å². The van der Waals surface area contributed by atoms with Crippen LogP contribution in [0, 0.1) is 24.0 Å². The van der Waals surface area contributed by atoms with Crippen molar-refractivity contribution in [2.45, 2.75) is 26.3 Å². The van der Waals surface area contributed by atoms with Crippen LogP contribution in [0.25, 0.3) is 0 Å². The minimum atomic E-state index is -0.719. The summed E-state index contributed by atoms with van der Waals surface area (Å²) in [6.45, 7) is 3.93. The van der Waals surface area contributed by atoms with E-state index in [2.05, 4.69) is 16.0 Å². The zero-order valence-electron chi connectivity index (χ0n) is 14.3. The number of amides is 2. The molecule has 1 aliphatic heterocycles. The number of rotatable bonds is 4. The van der Waals surface area contributed by atoms with Gasteiger partial charge < -0.3 is 16.0 Å². The van der Waals surface area contributed by atoms with Gasteiger partial charge in [-0.2, -0.15) is 0 Å². The van der Waals surface area contributed by atoms with Crippen LogP contribution < -0.4 is 16.0 Å². The lowest BCUT2D eigenvalue weighted by Crippen LogP contribution is -2.41. The average Bonchev–Trinajstić information content (AvgIpc) is 2.57. The number of hydrogen-bond donors (Lipinski definition) is 3. The molecule has 0 saturated heterocycles. The first-order valence-electron chi connectivity index (χ1n) is 8.06. The van der Waals surface area contributed by atoms with Gasteiger partial charge in [0.1, 0.15) is 6.04 Å². The van der Waals surface area contributed by atoms with Gasteiger partial charge in [0.15, 0.2) is 0 Å². The summed E-state index contributed by atoms with van der Waals surface area (Å²) in [7, 11) is 0. The van der Waals surface area contributed by atoms with Gasteiger partial charge in [-0.25, -0.2) is 0 Å². The van der Waals surface area contributed by atoms with Crippen LogP contribution in [0.2, 0.25) is 0 Å². The summed E-state index contributed by atoms with van der Waals surface area (Å²) in [5, 5.41) is 19.3.